The lowest BCUT2D eigenvalue weighted by Crippen LogP contribution is -2.44. The number of aliphatic hydroxyl groups excluding tert-OH is 1. The van der Waals surface area contributed by atoms with Gasteiger partial charge in [-0.3, -0.25) is 0 Å². The van der Waals surface area contributed by atoms with Crippen molar-refractivity contribution in [2.24, 2.45) is 0 Å². The number of rotatable bonds is 5. The second-order valence-electron chi connectivity index (χ2n) is 9.03. The van der Waals surface area contributed by atoms with Gasteiger partial charge < -0.3 is 25.1 Å². The molecule has 2 saturated heterocycles. The van der Waals surface area contributed by atoms with Gasteiger partial charge in [-0.05, 0) is 45.0 Å². The van der Waals surface area contributed by atoms with Crippen LogP contribution in [0.3, 0.4) is 0 Å². The number of alkyl halides is 1. The summed E-state index contributed by atoms with van der Waals surface area (Å²) in [7, 11) is 2.12. The van der Waals surface area contributed by atoms with Crippen molar-refractivity contribution < 1.29 is 9.50 Å². The Morgan fingerprint density at radius 2 is 1.79 bits per heavy atom. The number of hydrogen-bond donors (Lipinski definition) is 2. The monoisotopic (exact) mass is 467 g/mol. The lowest BCUT2D eigenvalue weighted by Gasteiger charge is -2.32. The van der Waals surface area contributed by atoms with Gasteiger partial charge in [-0.15, -0.1) is 10.2 Å². The Hall–Kier alpha value is -3.18. The Labute approximate surface area is 197 Å². The van der Waals surface area contributed by atoms with Gasteiger partial charge in [0.25, 0.3) is 0 Å². The fourth-order valence-electron chi connectivity index (χ4n) is 4.31. The number of fused-ring (bicyclic) bond motifs is 1. The number of halogens is 1. The Morgan fingerprint density at radius 3 is 2.47 bits per heavy atom. The van der Waals surface area contributed by atoms with Crippen LogP contribution in [0.2, 0.25) is 0 Å². The molecule has 2 aliphatic rings. The molecule has 0 radical (unpaired) electrons. The maximum absolute atomic E-state index is 13.7. The largest absolute Gasteiger partial charge is 0.387 e. The molecule has 180 valence electrons. The molecule has 0 aromatic carbocycles. The first-order valence-electron chi connectivity index (χ1n) is 11.8. The first-order valence-corrected chi connectivity index (χ1v) is 11.8. The molecule has 0 spiro atoms. The third-order valence-corrected chi connectivity index (χ3v) is 6.44. The third-order valence-electron chi connectivity index (χ3n) is 6.44. The van der Waals surface area contributed by atoms with E-state index in [9.17, 15) is 9.50 Å². The minimum Gasteiger partial charge on any atom is -0.387 e. The summed E-state index contributed by atoms with van der Waals surface area (Å²) in [4.78, 5) is 20.3. The summed E-state index contributed by atoms with van der Waals surface area (Å²) in [6, 6.07) is 5.61. The zero-order valence-electron chi connectivity index (χ0n) is 19.5. The average molecular weight is 468 g/mol. The molecule has 10 nitrogen and oxygen atoms in total. The molecule has 34 heavy (non-hydrogen) atoms. The Bertz CT molecular complexity index is 1130. The zero-order valence-corrected chi connectivity index (χ0v) is 19.5. The van der Waals surface area contributed by atoms with Crippen LogP contribution in [0.1, 0.15) is 31.6 Å². The summed E-state index contributed by atoms with van der Waals surface area (Å²) in [5, 5.41) is 22.7. The maximum atomic E-state index is 13.7. The average Bonchev–Trinajstić information content (AvgIpc) is 2.85. The van der Waals surface area contributed by atoms with Gasteiger partial charge in [0.05, 0.1) is 11.8 Å². The van der Waals surface area contributed by atoms with Crippen molar-refractivity contribution >= 4 is 34.3 Å². The van der Waals surface area contributed by atoms with Crippen LogP contribution < -0.4 is 15.1 Å². The number of aromatic nitrogens is 5. The third kappa shape index (κ3) is 4.85. The second kappa shape index (κ2) is 9.59. The fraction of sp³-hybridized carbons (Fsp3) is 0.522. The second-order valence-corrected chi connectivity index (χ2v) is 9.03. The number of piperazine rings is 1. The smallest absolute Gasteiger partial charge is 0.229 e. The Morgan fingerprint density at radius 1 is 1.03 bits per heavy atom. The zero-order chi connectivity index (χ0) is 23.7. The summed E-state index contributed by atoms with van der Waals surface area (Å²) >= 11 is 0. The molecule has 3 aromatic rings. The van der Waals surface area contributed by atoms with Crippen molar-refractivity contribution in [2.75, 3.05) is 61.4 Å². The number of hydrogen-bond acceptors (Lipinski definition) is 10. The van der Waals surface area contributed by atoms with Crippen LogP contribution in [-0.2, 0) is 0 Å². The van der Waals surface area contributed by atoms with E-state index in [0.29, 0.717) is 54.7 Å². The highest BCUT2D eigenvalue weighted by Gasteiger charge is 2.23. The number of likely N-dealkylation sites (N-methyl/N-ethyl adjacent to an activating group) is 1. The Kier molecular flexibility index (Phi) is 6.38. The Balaban J connectivity index is 1.39. The normalized spacial score (nSPS) is 18.9. The number of pyridine rings is 1. The van der Waals surface area contributed by atoms with Crippen molar-refractivity contribution in [3.05, 3.63) is 30.1 Å². The van der Waals surface area contributed by atoms with Crippen LogP contribution in [0.5, 0.6) is 0 Å². The number of anilines is 4. The van der Waals surface area contributed by atoms with Gasteiger partial charge in [-0.25, -0.2) is 19.3 Å². The van der Waals surface area contributed by atoms with E-state index >= 15 is 0 Å². The van der Waals surface area contributed by atoms with E-state index < -0.39 is 12.3 Å². The van der Waals surface area contributed by atoms with Gasteiger partial charge in [-0.1, -0.05) is 0 Å². The van der Waals surface area contributed by atoms with Gasteiger partial charge in [0.15, 0.2) is 17.5 Å². The van der Waals surface area contributed by atoms with E-state index in [2.05, 4.69) is 42.3 Å². The van der Waals surface area contributed by atoms with Crippen LogP contribution in [0.15, 0.2) is 24.4 Å². The molecule has 2 N–H and O–H groups in total. The fourth-order valence-corrected chi connectivity index (χ4v) is 4.31. The quantitative estimate of drug-likeness (QED) is 0.580. The summed E-state index contributed by atoms with van der Waals surface area (Å²) in [5.74, 6) is 2.42. The number of nitrogens with one attached hydrogen (secondary N) is 1. The van der Waals surface area contributed by atoms with Crippen LogP contribution in [0, 0.1) is 0 Å². The van der Waals surface area contributed by atoms with Crippen molar-refractivity contribution in [1.82, 2.24) is 30.0 Å². The molecule has 0 bridgehead atoms. The van der Waals surface area contributed by atoms with Gasteiger partial charge >= 0.3 is 0 Å². The minimum absolute atomic E-state index is 0.377. The van der Waals surface area contributed by atoms with E-state index in [4.69, 9.17) is 4.98 Å². The van der Waals surface area contributed by atoms with Crippen LogP contribution >= 0.6 is 0 Å². The van der Waals surface area contributed by atoms with Gasteiger partial charge in [0.1, 0.15) is 11.7 Å². The topological polar surface area (TPSA) is 106 Å². The molecule has 5 rings (SSSR count). The highest BCUT2D eigenvalue weighted by molar-refractivity contribution is 5.89. The predicted molar refractivity (Wildman–Crippen MR) is 129 cm³/mol. The van der Waals surface area contributed by atoms with Gasteiger partial charge in [0, 0.05) is 50.9 Å². The molecule has 1 unspecified atom stereocenters. The van der Waals surface area contributed by atoms with Crippen LogP contribution in [0.4, 0.5) is 27.8 Å². The van der Waals surface area contributed by atoms with E-state index in [-0.39, 0.29) is 0 Å². The molecule has 2 fully saturated rings. The molecule has 0 amide bonds. The molecule has 1 atom stereocenters. The summed E-state index contributed by atoms with van der Waals surface area (Å²) in [5.41, 5.74) is 1.20. The van der Waals surface area contributed by atoms with E-state index in [0.717, 1.165) is 37.4 Å². The number of piperidine rings is 1. The summed E-state index contributed by atoms with van der Waals surface area (Å²) in [6.45, 7) is 6.64. The molecule has 2 aliphatic heterocycles. The first-order chi connectivity index (χ1) is 16.5. The first kappa shape index (κ1) is 22.6. The molecular weight excluding hydrogens is 437 g/mol. The molecule has 11 heteroatoms. The molecular formula is C23H30FN9O. The minimum atomic E-state index is -0.790. The molecule has 3 aromatic heterocycles. The summed E-state index contributed by atoms with van der Waals surface area (Å²) < 4.78 is 13.7. The summed E-state index contributed by atoms with van der Waals surface area (Å²) in [6.07, 6.45) is 1.09. The van der Waals surface area contributed by atoms with Crippen molar-refractivity contribution in [1.29, 1.82) is 0 Å². The van der Waals surface area contributed by atoms with Gasteiger partial charge in [0.2, 0.25) is 5.95 Å². The van der Waals surface area contributed by atoms with Gasteiger partial charge in [-0.2, -0.15) is 0 Å². The maximum Gasteiger partial charge on any atom is 0.229 e. The van der Waals surface area contributed by atoms with E-state index in [1.807, 2.05) is 17.0 Å². The number of aliphatic hydroxyl groups is 1. The van der Waals surface area contributed by atoms with Crippen molar-refractivity contribution in [2.45, 2.75) is 32.0 Å². The lowest BCUT2D eigenvalue weighted by molar-refractivity contribution is 0.194. The lowest BCUT2D eigenvalue weighted by atomic mass is 10.1. The highest BCUT2D eigenvalue weighted by Crippen LogP contribution is 2.30. The molecule has 0 aliphatic carbocycles. The van der Waals surface area contributed by atoms with Crippen LogP contribution in [0.25, 0.3) is 10.9 Å². The SMILES string of the molecule is CC(O)c1cc2cnc(Nc3ccc(N4CCN(C)CC4)nn3)nc2c(N2CCC(F)CC2)n1. The molecule has 5 heterocycles. The molecule has 0 saturated carbocycles. The van der Waals surface area contributed by atoms with Crippen LogP contribution in [-0.4, -0.2) is 87.6 Å². The highest BCUT2D eigenvalue weighted by atomic mass is 19.1. The van der Waals surface area contributed by atoms with E-state index in [1.54, 1.807) is 19.2 Å². The van der Waals surface area contributed by atoms with Crippen molar-refractivity contribution in [3.63, 3.8) is 0 Å². The van der Waals surface area contributed by atoms with Crippen molar-refractivity contribution in [3.8, 4) is 0 Å². The van der Waals surface area contributed by atoms with E-state index in [1.165, 1.54) is 0 Å². The standard InChI is InChI=1S/C23H30FN9O/c1-15(34)18-13-16-14-25-23(28-21(16)22(26-18)33-7-5-17(24)6-8-33)27-19-3-4-20(30-29-19)32-11-9-31(2)10-12-32/h3-4,13-15,17,34H,5-12H2,1-2H3,(H,25,27,28,29). The predicted octanol–water partition coefficient (Wildman–Crippen LogP) is 2.30. The number of nitrogens with zero attached hydrogens (tertiary/aromatic N) is 8.